The van der Waals surface area contributed by atoms with Gasteiger partial charge < -0.3 is 20.7 Å². The molecule has 21 heavy (non-hydrogen) atoms. The van der Waals surface area contributed by atoms with Gasteiger partial charge in [0, 0.05) is 12.6 Å². The first kappa shape index (κ1) is 15.6. The number of nitrogen functional groups attached to an aromatic ring is 1. The fourth-order valence-electron chi connectivity index (χ4n) is 2.61. The molecular formula is C15H24N4O2. The van der Waals surface area contributed by atoms with Gasteiger partial charge >= 0.3 is 5.97 Å². The van der Waals surface area contributed by atoms with Crippen LogP contribution in [-0.2, 0) is 4.74 Å². The summed E-state index contributed by atoms with van der Waals surface area (Å²) in [4.78, 5) is 18.2. The fraction of sp³-hybridized carbons (Fsp3) is 0.600. The van der Waals surface area contributed by atoms with E-state index in [0.29, 0.717) is 11.5 Å². The second kappa shape index (κ2) is 7.26. The van der Waals surface area contributed by atoms with E-state index in [1.165, 1.54) is 26.4 Å². The summed E-state index contributed by atoms with van der Waals surface area (Å²) < 4.78 is 4.68. The summed E-state index contributed by atoms with van der Waals surface area (Å²) in [5, 5.41) is 3.29. The van der Waals surface area contributed by atoms with Crippen molar-refractivity contribution in [1.82, 2.24) is 9.88 Å². The van der Waals surface area contributed by atoms with Crippen molar-refractivity contribution < 1.29 is 9.53 Å². The van der Waals surface area contributed by atoms with Crippen LogP contribution in [0.15, 0.2) is 12.1 Å². The van der Waals surface area contributed by atoms with Gasteiger partial charge in [-0.15, -0.1) is 0 Å². The van der Waals surface area contributed by atoms with Crippen LogP contribution in [0.2, 0.25) is 0 Å². The van der Waals surface area contributed by atoms with Crippen molar-refractivity contribution in [1.29, 1.82) is 0 Å². The van der Waals surface area contributed by atoms with Gasteiger partial charge in [-0.1, -0.05) is 6.42 Å². The van der Waals surface area contributed by atoms with E-state index >= 15 is 0 Å². The molecule has 0 bridgehead atoms. The van der Waals surface area contributed by atoms with Crippen LogP contribution in [0.4, 0.5) is 11.5 Å². The third-order valence-corrected chi connectivity index (χ3v) is 3.68. The maximum Gasteiger partial charge on any atom is 0.356 e. The number of hydrogen-bond donors (Lipinski definition) is 2. The molecule has 1 unspecified atom stereocenters. The molecule has 1 aromatic rings. The summed E-state index contributed by atoms with van der Waals surface area (Å²) in [5.41, 5.74) is 6.72. The Bertz CT molecular complexity index is 487. The standard InChI is InChI=1S/C15H24N4O2/c1-11(10-19-8-4-3-5-9-19)17-14-12(16)6-7-13(18-14)15(20)21-2/h6-7,11H,3-5,8-10,16H2,1-2H3,(H,17,18). The van der Waals surface area contributed by atoms with Gasteiger partial charge in [-0.25, -0.2) is 9.78 Å². The monoisotopic (exact) mass is 292 g/mol. The molecule has 1 atom stereocenters. The molecule has 6 heteroatoms. The first-order valence-electron chi connectivity index (χ1n) is 7.44. The molecule has 1 fully saturated rings. The van der Waals surface area contributed by atoms with Gasteiger partial charge in [-0.05, 0) is 45.0 Å². The highest BCUT2D eigenvalue weighted by Gasteiger charge is 2.16. The van der Waals surface area contributed by atoms with Crippen LogP contribution in [0.5, 0.6) is 0 Å². The van der Waals surface area contributed by atoms with Crippen LogP contribution < -0.4 is 11.1 Å². The second-order valence-electron chi connectivity index (χ2n) is 5.53. The Morgan fingerprint density at radius 2 is 2.14 bits per heavy atom. The molecule has 1 aliphatic rings. The number of nitrogens with zero attached hydrogens (tertiary/aromatic N) is 2. The Balaban J connectivity index is 1.98. The summed E-state index contributed by atoms with van der Waals surface area (Å²) in [6.45, 7) is 5.35. The van der Waals surface area contributed by atoms with Crippen molar-refractivity contribution in [3.05, 3.63) is 17.8 Å². The van der Waals surface area contributed by atoms with E-state index in [-0.39, 0.29) is 11.7 Å². The minimum atomic E-state index is -0.457. The molecule has 1 saturated heterocycles. The molecule has 2 heterocycles. The Labute approximate surface area is 125 Å². The number of nitrogens with one attached hydrogen (secondary N) is 1. The lowest BCUT2D eigenvalue weighted by molar-refractivity contribution is 0.0594. The van der Waals surface area contributed by atoms with Crippen molar-refractivity contribution in [3.63, 3.8) is 0 Å². The maximum atomic E-state index is 11.5. The second-order valence-corrected chi connectivity index (χ2v) is 5.53. The molecule has 0 saturated carbocycles. The topological polar surface area (TPSA) is 80.5 Å². The van der Waals surface area contributed by atoms with Gasteiger partial charge in [0.25, 0.3) is 0 Å². The Kier molecular flexibility index (Phi) is 5.38. The van der Waals surface area contributed by atoms with Crippen molar-refractivity contribution >= 4 is 17.5 Å². The van der Waals surface area contributed by atoms with E-state index in [0.717, 1.165) is 19.6 Å². The first-order valence-corrected chi connectivity index (χ1v) is 7.44. The first-order chi connectivity index (χ1) is 10.1. The quantitative estimate of drug-likeness (QED) is 0.805. The van der Waals surface area contributed by atoms with Gasteiger partial charge in [0.15, 0.2) is 5.69 Å². The molecule has 6 nitrogen and oxygen atoms in total. The lowest BCUT2D eigenvalue weighted by atomic mass is 10.1. The SMILES string of the molecule is COC(=O)c1ccc(N)c(NC(C)CN2CCCCC2)n1. The molecule has 0 aliphatic carbocycles. The van der Waals surface area contributed by atoms with E-state index in [9.17, 15) is 4.79 Å². The van der Waals surface area contributed by atoms with Gasteiger partial charge in [0.1, 0.15) is 5.82 Å². The number of ether oxygens (including phenoxy) is 1. The third kappa shape index (κ3) is 4.32. The number of hydrogen-bond acceptors (Lipinski definition) is 6. The van der Waals surface area contributed by atoms with Crippen molar-refractivity contribution in [3.8, 4) is 0 Å². The molecule has 116 valence electrons. The van der Waals surface area contributed by atoms with Crippen molar-refractivity contribution in [2.45, 2.75) is 32.2 Å². The van der Waals surface area contributed by atoms with E-state index < -0.39 is 5.97 Å². The number of nitrogens with two attached hydrogens (primary N) is 1. The summed E-state index contributed by atoms with van der Waals surface area (Å²) >= 11 is 0. The highest BCUT2D eigenvalue weighted by atomic mass is 16.5. The van der Waals surface area contributed by atoms with Crippen LogP contribution in [0, 0.1) is 0 Å². The number of esters is 1. The van der Waals surface area contributed by atoms with E-state index in [1.54, 1.807) is 12.1 Å². The number of methoxy groups -OCH3 is 1. The van der Waals surface area contributed by atoms with Crippen molar-refractivity contribution in [2.75, 3.05) is 37.8 Å². The minimum Gasteiger partial charge on any atom is -0.464 e. The van der Waals surface area contributed by atoms with E-state index in [1.807, 2.05) is 0 Å². The number of likely N-dealkylation sites (tertiary alicyclic amines) is 1. The zero-order valence-corrected chi connectivity index (χ0v) is 12.8. The Morgan fingerprint density at radius 1 is 1.43 bits per heavy atom. The number of anilines is 2. The average molecular weight is 292 g/mol. The van der Waals surface area contributed by atoms with Crippen LogP contribution >= 0.6 is 0 Å². The molecule has 0 aromatic carbocycles. The van der Waals surface area contributed by atoms with E-state index in [2.05, 4.69) is 26.9 Å². The van der Waals surface area contributed by atoms with Crippen LogP contribution in [0.3, 0.4) is 0 Å². The fourth-order valence-corrected chi connectivity index (χ4v) is 2.61. The van der Waals surface area contributed by atoms with E-state index in [4.69, 9.17) is 5.73 Å². The predicted molar refractivity (Wildman–Crippen MR) is 83.4 cm³/mol. The Hall–Kier alpha value is -1.82. The highest BCUT2D eigenvalue weighted by molar-refractivity contribution is 5.88. The number of carbonyl (C=O) groups is 1. The van der Waals surface area contributed by atoms with Gasteiger partial charge in [-0.3, -0.25) is 0 Å². The zero-order valence-electron chi connectivity index (χ0n) is 12.8. The minimum absolute atomic E-state index is 0.214. The molecule has 0 spiro atoms. The number of carbonyl (C=O) groups excluding carboxylic acids is 1. The summed E-state index contributed by atoms with van der Waals surface area (Å²) in [6.07, 6.45) is 3.86. The molecule has 0 amide bonds. The number of rotatable bonds is 5. The molecular weight excluding hydrogens is 268 g/mol. The zero-order chi connectivity index (χ0) is 15.2. The summed E-state index contributed by atoms with van der Waals surface area (Å²) in [6, 6.07) is 3.46. The lowest BCUT2D eigenvalue weighted by Crippen LogP contribution is -2.38. The molecule has 3 N–H and O–H groups in total. The van der Waals surface area contributed by atoms with Gasteiger partial charge in [0.05, 0.1) is 12.8 Å². The van der Waals surface area contributed by atoms with Crippen LogP contribution in [-0.4, -0.2) is 48.6 Å². The Morgan fingerprint density at radius 3 is 2.81 bits per heavy atom. The average Bonchev–Trinajstić information content (AvgIpc) is 2.49. The number of pyridine rings is 1. The number of piperidine rings is 1. The van der Waals surface area contributed by atoms with Crippen molar-refractivity contribution in [2.24, 2.45) is 0 Å². The highest BCUT2D eigenvalue weighted by Crippen LogP contribution is 2.18. The largest absolute Gasteiger partial charge is 0.464 e. The predicted octanol–water partition coefficient (Wildman–Crippen LogP) is 1.74. The third-order valence-electron chi connectivity index (χ3n) is 3.68. The normalized spacial score (nSPS) is 17.2. The molecule has 0 radical (unpaired) electrons. The molecule has 1 aliphatic heterocycles. The molecule has 1 aromatic heterocycles. The summed E-state index contributed by atoms with van der Waals surface area (Å²) in [5.74, 6) is 0.0872. The van der Waals surface area contributed by atoms with Crippen LogP contribution in [0.1, 0.15) is 36.7 Å². The van der Waals surface area contributed by atoms with Gasteiger partial charge in [-0.2, -0.15) is 0 Å². The molecule has 2 rings (SSSR count). The number of aromatic nitrogens is 1. The van der Waals surface area contributed by atoms with Crippen LogP contribution in [0.25, 0.3) is 0 Å². The maximum absolute atomic E-state index is 11.5. The van der Waals surface area contributed by atoms with Gasteiger partial charge in [0.2, 0.25) is 0 Å². The smallest absolute Gasteiger partial charge is 0.356 e. The lowest BCUT2D eigenvalue weighted by Gasteiger charge is -2.29. The summed E-state index contributed by atoms with van der Waals surface area (Å²) in [7, 11) is 1.34.